The van der Waals surface area contributed by atoms with Crippen molar-refractivity contribution in [2.24, 2.45) is 0 Å². The molecule has 2 aromatic rings. The van der Waals surface area contributed by atoms with Crippen molar-refractivity contribution in [2.75, 3.05) is 13.6 Å². The van der Waals surface area contributed by atoms with Crippen molar-refractivity contribution in [1.29, 1.82) is 0 Å². The zero-order valence-electron chi connectivity index (χ0n) is 12.0. The van der Waals surface area contributed by atoms with E-state index >= 15 is 0 Å². The molecule has 0 aliphatic carbocycles. The van der Waals surface area contributed by atoms with Crippen LogP contribution in [0.1, 0.15) is 23.6 Å². The normalized spacial score (nSPS) is 11.2. The van der Waals surface area contributed by atoms with Crippen molar-refractivity contribution in [3.63, 3.8) is 0 Å². The number of halogens is 1. The fourth-order valence-electron chi connectivity index (χ4n) is 2.22. The molecule has 0 spiro atoms. The van der Waals surface area contributed by atoms with Crippen LogP contribution in [0.15, 0.2) is 39.5 Å². The van der Waals surface area contributed by atoms with Gasteiger partial charge in [0.05, 0.1) is 3.79 Å². The Labute approximate surface area is 133 Å². The van der Waals surface area contributed by atoms with E-state index in [2.05, 4.69) is 75.8 Å². The van der Waals surface area contributed by atoms with Crippen LogP contribution in [0.5, 0.6) is 0 Å². The minimum absolute atomic E-state index is 0.950. The Hall–Kier alpha value is -0.680. The average molecular weight is 353 g/mol. The van der Waals surface area contributed by atoms with Gasteiger partial charge in [0.25, 0.3) is 0 Å². The molecule has 1 heterocycles. The van der Waals surface area contributed by atoms with E-state index in [0.717, 1.165) is 26.2 Å². The number of thiophene rings is 1. The van der Waals surface area contributed by atoms with Crippen LogP contribution in [0.4, 0.5) is 0 Å². The first-order chi connectivity index (χ1) is 9.67. The fourth-order valence-corrected chi connectivity index (χ4v) is 3.42. The fraction of sp³-hybridized carbons (Fsp3) is 0.375. The maximum Gasteiger partial charge on any atom is 0.0701 e. The monoisotopic (exact) mass is 352 g/mol. The van der Waals surface area contributed by atoms with Crippen molar-refractivity contribution in [1.82, 2.24) is 10.2 Å². The number of rotatable bonds is 7. The Morgan fingerprint density at radius 3 is 2.60 bits per heavy atom. The van der Waals surface area contributed by atoms with Gasteiger partial charge in [-0.2, -0.15) is 0 Å². The maximum atomic E-state index is 3.52. The number of hydrogen-bond acceptors (Lipinski definition) is 3. The topological polar surface area (TPSA) is 15.3 Å². The zero-order valence-corrected chi connectivity index (χ0v) is 14.4. The standard InChI is InChI=1S/C16H21BrN2S/c1-3-18-9-13-5-4-6-14(7-13)10-19(2)11-15-8-16(17)20-12-15/h4-8,12,18H,3,9-11H2,1-2H3. The van der Waals surface area contributed by atoms with Crippen molar-refractivity contribution in [2.45, 2.75) is 26.6 Å². The third-order valence-corrected chi connectivity index (χ3v) is 4.65. The minimum Gasteiger partial charge on any atom is -0.313 e. The van der Waals surface area contributed by atoms with E-state index in [-0.39, 0.29) is 0 Å². The van der Waals surface area contributed by atoms with Gasteiger partial charge in [-0.25, -0.2) is 0 Å². The molecule has 0 atom stereocenters. The Morgan fingerprint density at radius 1 is 1.15 bits per heavy atom. The predicted molar refractivity (Wildman–Crippen MR) is 91.0 cm³/mol. The van der Waals surface area contributed by atoms with Gasteiger partial charge in [0, 0.05) is 19.6 Å². The summed E-state index contributed by atoms with van der Waals surface area (Å²) in [5, 5.41) is 5.58. The largest absolute Gasteiger partial charge is 0.313 e. The summed E-state index contributed by atoms with van der Waals surface area (Å²) in [6, 6.07) is 11.0. The van der Waals surface area contributed by atoms with E-state index in [0.29, 0.717) is 0 Å². The average Bonchev–Trinajstić information content (AvgIpc) is 2.82. The molecule has 0 saturated heterocycles. The van der Waals surface area contributed by atoms with Crippen LogP contribution < -0.4 is 5.32 Å². The third-order valence-electron chi connectivity index (χ3n) is 3.10. The molecule has 1 aromatic carbocycles. The summed E-state index contributed by atoms with van der Waals surface area (Å²) in [7, 11) is 2.17. The number of benzene rings is 1. The molecule has 108 valence electrons. The Kier molecular flexibility index (Phi) is 6.23. The van der Waals surface area contributed by atoms with Gasteiger partial charge in [-0.1, -0.05) is 31.2 Å². The molecular formula is C16H21BrN2S. The molecule has 1 aromatic heterocycles. The van der Waals surface area contributed by atoms with Crippen LogP contribution in [0.25, 0.3) is 0 Å². The zero-order chi connectivity index (χ0) is 14.4. The summed E-state index contributed by atoms with van der Waals surface area (Å²) in [5.74, 6) is 0. The summed E-state index contributed by atoms with van der Waals surface area (Å²) in [6.07, 6.45) is 0. The summed E-state index contributed by atoms with van der Waals surface area (Å²) in [5.41, 5.74) is 4.10. The second-order valence-corrected chi connectivity index (χ2v) is 7.32. The highest BCUT2D eigenvalue weighted by atomic mass is 79.9. The third kappa shape index (κ3) is 5.02. The molecule has 0 radical (unpaired) electrons. The maximum absolute atomic E-state index is 3.52. The molecule has 2 rings (SSSR count). The second kappa shape index (κ2) is 7.93. The molecular weight excluding hydrogens is 332 g/mol. The molecule has 0 saturated carbocycles. The van der Waals surface area contributed by atoms with Gasteiger partial charge in [-0.05, 0) is 57.7 Å². The highest BCUT2D eigenvalue weighted by molar-refractivity contribution is 9.11. The summed E-state index contributed by atoms with van der Waals surface area (Å²) in [4.78, 5) is 2.35. The number of nitrogens with one attached hydrogen (secondary N) is 1. The van der Waals surface area contributed by atoms with E-state index in [1.165, 1.54) is 20.5 Å². The first-order valence-corrected chi connectivity index (χ1v) is 8.54. The quantitative estimate of drug-likeness (QED) is 0.801. The van der Waals surface area contributed by atoms with Gasteiger partial charge in [-0.3, -0.25) is 4.90 Å². The molecule has 2 nitrogen and oxygen atoms in total. The molecule has 0 aliphatic rings. The molecule has 0 amide bonds. The molecule has 0 bridgehead atoms. The van der Waals surface area contributed by atoms with Gasteiger partial charge in [0.2, 0.25) is 0 Å². The highest BCUT2D eigenvalue weighted by Crippen LogP contribution is 2.22. The summed E-state index contributed by atoms with van der Waals surface area (Å²) >= 11 is 5.26. The van der Waals surface area contributed by atoms with Crippen LogP contribution in [-0.4, -0.2) is 18.5 Å². The Morgan fingerprint density at radius 2 is 1.90 bits per heavy atom. The van der Waals surface area contributed by atoms with Gasteiger partial charge in [0.15, 0.2) is 0 Å². The number of hydrogen-bond donors (Lipinski definition) is 1. The smallest absolute Gasteiger partial charge is 0.0701 e. The van der Waals surface area contributed by atoms with Crippen LogP contribution >= 0.6 is 27.3 Å². The Balaban J connectivity index is 1.91. The first-order valence-electron chi connectivity index (χ1n) is 6.87. The van der Waals surface area contributed by atoms with Crippen molar-refractivity contribution >= 4 is 27.3 Å². The van der Waals surface area contributed by atoms with Crippen molar-refractivity contribution in [3.05, 3.63) is 56.2 Å². The van der Waals surface area contributed by atoms with E-state index in [9.17, 15) is 0 Å². The van der Waals surface area contributed by atoms with Gasteiger partial charge in [0.1, 0.15) is 0 Å². The van der Waals surface area contributed by atoms with E-state index < -0.39 is 0 Å². The molecule has 20 heavy (non-hydrogen) atoms. The molecule has 4 heteroatoms. The van der Waals surface area contributed by atoms with E-state index in [1.807, 2.05) is 0 Å². The van der Waals surface area contributed by atoms with Gasteiger partial charge < -0.3 is 5.32 Å². The van der Waals surface area contributed by atoms with Crippen LogP contribution in [0, 0.1) is 0 Å². The summed E-state index contributed by atoms with van der Waals surface area (Å²) in [6.45, 7) is 6.06. The van der Waals surface area contributed by atoms with Gasteiger partial charge in [-0.15, -0.1) is 11.3 Å². The SMILES string of the molecule is CCNCc1cccc(CN(C)Cc2csc(Br)c2)c1. The highest BCUT2D eigenvalue weighted by Gasteiger charge is 2.04. The van der Waals surface area contributed by atoms with Crippen LogP contribution in [-0.2, 0) is 19.6 Å². The number of nitrogens with zero attached hydrogens (tertiary/aromatic N) is 1. The van der Waals surface area contributed by atoms with Gasteiger partial charge >= 0.3 is 0 Å². The lowest BCUT2D eigenvalue weighted by atomic mass is 10.1. The van der Waals surface area contributed by atoms with E-state index in [1.54, 1.807) is 11.3 Å². The molecule has 1 N–H and O–H groups in total. The predicted octanol–water partition coefficient (Wildman–Crippen LogP) is 4.25. The second-order valence-electron chi connectivity index (χ2n) is 5.03. The summed E-state index contributed by atoms with van der Waals surface area (Å²) < 4.78 is 1.20. The van der Waals surface area contributed by atoms with E-state index in [4.69, 9.17) is 0 Å². The van der Waals surface area contributed by atoms with Crippen molar-refractivity contribution in [3.8, 4) is 0 Å². The van der Waals surface area contributed by atoms with Crippen LogP contribution in [0.2, 0.25) is 0 Å². The molecule has 0 fully saturated rings. The van der Waals surface area contributed by atoms with Crippen LogP contribution in [0.3, 0.4) is 0 Å². The lowest BCUT2D eigenvalue weighted by molar-refractivity contribution is 0.319. The lowest BCUT2D eigenvalue weighted by Crippen LogP contribution is -2.17. The van der Waals surface area contributed by atoms with Crippen molar-refractivity contribution < 1.29 is 0 Å². The molecule has 0 unspecified atom stereocenters. The Bertz CT molecular complexity index is 539. The lowest BCUT2D eigenvalue weighted by Gasteiger charge is -2.16. The first kappa shape index (κ1) is 15.7. The molecule has 0 aliphatic heterocycles. The minimum atomic E-state index is 0.950.